The Hall–Kier alpha value is -0.940. The van der Waals surface area contributed by atoms with Crippen LogP contribution in [0.25, 0.3) is 0 Å². The van der Waals surface area contributed by atoms with E-state index in [0.29, 0.717) is 12.1 Å². The van der Waals surface area contributed by atoms with Crippen LogP contribution in [0.1, 0.15) is 38.3 Å². The van der Waals surface area contributed by atoms with Gasteiger partial charge in [0.25, 0.3) is 0 Å². The van der Waals surface area contributed by atoms with Crippen molar-refractivity contribution in [2.45, 2.75) is 51.2 Å². The van der Waals surface area contributed by atoms with Crippen LogP contribution >= 0.6 is 0 Å². The predicted molar refractivity (Wildman–Crippen MR) is 62.8 cm³/mol. The predicted octanol–water partition coefficient (Wildman–Crippen LogP) is 0.659. The molecule has 1 aromatic rings. The molecule has 1 aliphatic rings. The molecule has 3 N–H and O–H groups in total. The van der Waals surface area contributed by atoms with Gasteiger partial charge in [-0.1, -0.05) is 18.1 Å². The van der Waals surface area contributed by atoms with Gasteiger partial charge in [0.05, 0.1) is 12.2 Å². The van der Waals surface area contributed by atoms with Crippen LogP contribution in [0.2, 0.25) is 0 Å². The molecule has 0 spiro atoms. The van der Waals surface area contributed by atoms with Crippen LogP contribution in [-0.4, -0.2) is 27.1 Å². The van der Waals surface area contributed by atoms with Crippen LogP contribution in [-0.2, 0) is 13.1 Å². The summed E-state index contributed by atoms with van der Waals surface area (Å²) in [5.41, 5.74) is 6.68. The fourth-order valence-electron chi connectivity index (χ4n) is 2.35. The van der Waals surface area contributed by atoms with Gasteiger partial charge in [-0.3, -0.25) is 4.68 Å². The first kappa shape index (κ1) is 11.5. The lowest BCUT2D eigenvalue weighted by Gasteiger charge is -2.25. The maximum atomic E-state index is 5.48. The standard InChI is InChI=1S/C11H21N5/c1-11(4-2-3-5-11)13-6-7-16-9-10(8-12)14-15-16/h9,13H,2-8,12H2,1H3. The monoisotopic (exact) mass is 223 g/mol. The minimum atomic E-state index is 0.345. The fraction of sp³-hybridized carbons (Fsp3) is 0.818. The fourth-order valence-corrected chi connectivity index (χ4v) is 2.35. The third kappa shape index (κ3) is 2.80. The Morgan fingerprint density at radius 1 is 1.50 bits per heavy atom. The summed E-state index contributed by atoms with van der Waals surface area (Å²) >= 11 is 0. The van der Waals surface area contributed by atoms with Crippen molar-refractivity contribution >= 4 is 0 Å². The third-order valence-electron chi connectivity index (χ3n) is 3.40. The number of hydrogen-bond donors (Lipinski definition) is 2. The molecule has 1 fully saturated rings. The Kier molecular flexibility index (Phi) is 3.56. The second-order valence-electron chi connectivity index (χ2n) is 4.87. The number of nitrogens with zero attached hydrogens (tertiary/aromatic N) is 3. The van der Waals surface area contributed by atoms with Crippen LogP contribution in [0.15, 0.2) is 6.20 Å². The number of aromatic nitrogens is 3. The highest BCUT2D eigenvalue weighted by molar-refractivity contribution is 4.91. The highest BCUT2D eigenvalue weighted by atomic mass is 15.4. The molecule has 1 heterocycles. The highest BCUT2D eigenvalue weighted by Crippen LogP contribution is 2.28. The Balaban J connectivity index is 1.75. The normalized spacial score (nSPS) is 19.1. The van der Waals surface area contributed by atoms with E-state index in [0.717, 1.165) is 18.8 Å². The van der Waals surface area contributed by atoms with Crippen molar-refractivity contribution in [3.63, 3.8) is 0 Å². The molecular formula is C11H21N5. The van der Waals surface area contributed by atoms with E-state index in [1.807, 2.05) is 10.9 Å². The lowest BCUT2D eigenvalue weighted by atomic mass is 10.0. The first-order valence-electron chi connectivity index (χ1n) is 6.06. The van der Waals surface area contributed by atoms with Crippen molar-refractivity contribution in [2.24, 2.45) is 5.73 Å². The van der Waals surface area contributed by atoms with Gasteiger partial charge in [-0.05, 0) is 19.8 Å². The number of nitrogens with one attached hydrogen (secondary N) is 1. The molecule has 5 heteroatoms. The van der Waals surface area contributed by atoms with Crippen molar-refractivity contribution in [2.75, 3.05) is 6.54 Å². The molecule has 1 saturated carbocycles. The topological polar surface area (TPSA) is 68.8 Å². The summed E-state index contributed by atoms with van der Waals surface area (Å²) in [6.07, 6.45) is 7.20. The number of nitrogens with two attached hydrogens (primary N) is 1. The Morgan fingerprint density at radius 3 is 2.88 bits per heavy atom. The Labute approximate surface area is 96.4 Å². The summed E-state index contributed by atoms with van der Waals surface area (Å²) in [5.74, 6) is 0. The van der Waals surface area contributed by atoms with Gasteiger partial charge in [0.1, 0.15) is 0 Å². The molecule has 0 atom stereocenters. The van der Waals surface area contributed by atoms with Crippen LogP contribution in [0, 0.1) is 0 Å². The van der Waals surface area contributed by atoms with E-state index >= 15 is 0 Å². The molecule has 0 bridgehead atoms. The number of rotatable bonds is 5. The maximum absolute atomic E-state index is 5.48. The largest absolute Gasteiger partial charge is 0.325 e. The molecule has 1 aromatic heterocycles. The molecule has 0 aliphatic heterocycles. The summed E-state index contributed by atoms with van der Waals surface area (Å²) in [5, 5.41) is 11.6. The molecule has 1 aliphatic carbocycles. The zero-order valence-corrected chi connectivity index (χ0v) is 9.95. The molecule has 0 aromatic carbocycles. The molecule has 90 valence electrons. The van der Waals surface area contributed by atoms with Crippen molar-refractivity contribution in [1.29, 1.82) is 0 Å². The van der Waals surface area contributed by atoms with Crippen molar-refractivity contribution in [3.05, 3.63) is 11.9 Å². The molecule has 0 amide bonds. The van der Waals surface area contributed by atoms with Gasteiger partial charge >= 0.3 is 0 Å². The highest BCUT2D eigenvalue weighted by Gasteiger charge is 2.27. The van der Waals surface area contributed by atoms with E-state index in [1.54, 1.807) is 0 Å². The molecule has 5 nitrogen and oxygen atoms in total. The van der Waals surface area contributed by atoms with Gasteiger partial charge in [0.15, 0.2) is 0 Å². The van der Waals surface area contributed by atoms with Crippen LogP contribution in [0.5, 0.6) is 0 Å². The molecule has 0 saturated heterocycles. The van der Waals surface area contributed by atoms with E-state index < -0.39 is 0 Å². The average Bonchev–Trinajstić information content (AvgIpc) is 2.88. The van der Waals surface area contributed by atoms with E-state index in [1.165, 1.54) is 25.7 Å². The summed E-state index contributed by atoms with van der Waals surface area (Å²) in [6, 6.07) is 0. The van der Waals surface area contributed by atoms with E-state index in [9.17, 15) is 0 Å². The second-order valence-corrected chi connectivity index (χ2v) is 4.87. The van der Waals surface area contributed by atoms with Gasteiger partial charge in [-0.2, -0.15) is 0 Å². The van der Waals surface area contributed by atoms with Crippen LogP contribution < -0.4 is 11.1 Å². The lowest BCUT2D eigenvalue weighted by Crippen LogP contribution is -2.41. The lowest BCUT2D eigenvalue weighted by molar-refractivity contribution is 0.351. The zero-order valence-electron chi connectivity index (χ0n) is 9.95. The van der Waals surface area contributed by atoms with Crippen molar-refractivity contribution < 1.29 is 0 Å². The molecule has 0 unspecified atom stereocenters. The molecular weight excluding hydrogens is 202 g/mol. The van der Waals surface area contributed by atoms with Crippen molar-refractivity contribution in [1.82, 2.24) is 20.3 Å². The summed E-state index contributed by atoms with van der Waals surface area (Å²) in [7, 11) is 0. The van der Waals surface area contributed by atoms with Crippen LogP contribution in [0.3, 0.4) is 0 Å². The average molecular weight is 223 g/mol. The summed E-state index contributed by atoms with van der Waals surface area (Å²) < 4.78 is 1.85. The van der Waals surface area contributed by atoms with Gasteiger partial charge in [-0.15, -0.1) is 5.10 Å². The van der Waals surface area contributed by atoms with Gasteiger partial charge in [0.2, 0.25) is 0 Å². The van der Waals surface area contributed by atoms with E-state index in [4.69, 9.17) is 5.73 Å². The first-order valence-corrected chi connectivity index (χ1v) is 6.06. The third-order valence-corrected chi connectivity index (χ3v) is 3.40. The Bertz CT molecular complexity index is 327. The summed E-state index contributed by atoms with van der Waals surface area (Å²) in [6.45, 7) is 4.59. The molecule has 16 heavy (non-hydrogen) atoms. The second kappa shape index (κ2) is 4.93. The Morgan fingerprint density at radius 2 is 2.25 bits per heavy atom. The van der Waals surface area contributed by atoms with Crippen LogP contribution in [0.4, 0.5) is 0 Å². The minimum Gasteiger partial charge on any atom is -0.325 e. The van der Waals surface area contributed by atoms with Gasteiger partial charge in [-0.25, -0.2) is 0 Å². The quantitative estimate of drug-likeness (QED) is 0.769. The van der Waals surface area contributed by atoms with E-state index in [-0.39, 0.29) is 0 Å². The van der Waals surface area contributed by atoms with Gasteiger partial charge < -0.3 is 11.1 Å². The van der Waals surface area contributed by atoms with Gasteiger partial charge in [0, 0.05) is 24.8 Å². The molecule has 0 radical (unpaired) electrons. The SMILES string of the molecule is CC1(NCCn2cc(CN)nn2)CCCC1. The first-order chi connectivity index (χ1) is 7.72. The molecule has 2 rings (SSSR count). The van der Waals surface area contributed by atoms with E-state index in [2.05, 4.69) is 22.6 Å². The zero-order chi connectivity index (χ0) is 11.4. The summed E-state index contributed by atoms with van der Waals surface area (Å²) in [4.78, 5) is 0. The van der Waals surface area contributed by atoms with Crippen molar-refractivity contribution in [3.8, 4) is 0 Å². The number of hydrogen-bond acceptors (Lipinski definition) is 4. The maximum Gasteiger partial charge on any atom is 0.0962 e. The smallest absolute Gasteiger partial charge is 0.0962 e. The minimum absolute atomic E-state index is 0.345.